The van der Waals surface area contributed by atoms with Gasteiger partial charge in [-0.2, -0.15) is 4.98 Å². The quantitative estimate of drug-likeness (QED) is 0.0369. The number of aromatic nitrogens is 1. The van der Waals surface area contributed by atoms with Gasteiger partial charge in [-0.25, -0.2) is 9.59 Å². The molecule has 298 valence electrons. The number of unbranched alkanes of at least 4 members (excludes halogenated alkanes) is 10. The molecule has 54 heavy (non-hydrogen) atoms. The average molecular weight is 832 g/mol. The van der Waals surface area contributed by atoms with Crippen LogP contribution in [0.1, 0.15) is 115 Å². The number of fused-ring (bicyclic) bond motifs is 1. The zero-order valence-corrected chi connectivity index (χ0v) is 33.8. The highest BCUT2D eigenvalue weighted by molar-refractivity contribution is 6.67. The van der Waals surface area contributed by atoms with Gasteiger partial charge in [-0.1, -0.05) is 148 Å². The zero-order chi connectivity index (χ0) is 39.2. The van der Waals surface area contributed by atoms with Crippen LogP contribution in [0.2, 0.25) is 5.02 Å². The fraction of sp³-hybridized carbons (Fsp3) is 0.564. The molecule has 1 aromatic heterocycles. The maximum absolute atomic E-state index is 13.7. The van der Waals surface area contributed by atoms with Crippen LogP contribution in [0.3, 0.4) is 0 Å². The highest BCUT2D eigenvalue weighted by atomic mass is 35.6. The van der Waals surface area contributed by atoms with Crippen LogP contribution in [-0.4, -0.2) is 51.5 Å². The van der Waals surface area contributed by atoms with Gasteiger partial charge in [-0.15, -0.1) is 0 Å². The normalized spacial score (nSPS) is 12.5. The highest BCUT2D eigenvalue weighted by Gasteiger charge is 2.29. The molecule has 0 unspecified atom stereocenters. The number of urea groups is 1. The number of carbonyl (C=O) groups is 4. The molecule has 11 nitrogen and oxygen atoms in total. The third-order valence-electron chi connectivity index (χ3n) is 8.48. The minimum Gasteiger partial charge on any atom is -0.461 e. The van der Waals surface area contributed by atoms with Gasteiger partial charge in [0.05, 0.1) is 6.42 Å². The summed E-state index contributed by atoms with van der Waals surface area (Å²) < 4.78 is 20.1. The standard InChI is InChI=1S/C39H51Cl4N3O8/c1-2-3-4-5-6-7-8-9-10-11-15-19-30(25-35(48)52-27-39(41,42)43)53-36(49)31(20-16-21-34(47)51-26-28-17-13-12-14-18-28)44-37(50)46-38-45-32-24-29(40)22-23-33(32)54-38/h12-14,17-18,22-24,30-31H,2-11,15-16,19-21,25-27H2,1H3,(H2,44,45,46,50)/t30-,31-/m0/s1. The van der Waals surface area contributed by atoms with Crippen molar-refractivity contribution in [1.82, 2.24) is 10.3 Å². The number of carbonyl (C=O) groups excluding carboxylic acids is 4. The van der Waals surface area contributed by atoms with Gasteiger partial charge in [0, 0.05) is 11.4 Å². The van der Waals surface area contributed by atoms with Crippen molar-refractivity contribution in [2.24, 2.45) is 0 Å². The summed E-state index contributed by atoms with van der Waals surface area (Å²) in [4.78, 5) is 56.2. The lowest BCUT2D eigenvalue weighted by Crippen LogP contribution is -2.45. The molecule has 0 saturated heterocycles. The molecule has 15 heteroatoms. The summed E-state index contributed by atoms with van der Waals surface area (Å²) in [6.45, 7) is 1.85. The minimum absolute atomic E-state index is 0.0165. The van der Waals surface area contributed by atoms with Crippen molar-refractivity contribution in [2.75, 3.05) is 11.9 Å². The van der Waals surface area contributed by atoms with Crippen LogP contribution < -0.4 is 10.6 Å². The van der Waals surface area contributed by atoms with Crippen LogP contribution in [0, 0.1) is 0 Å². The summed E-state index contributed by atoms with van der Waals surface area (Å²) in [6, 6.07) is 11.9. The van der Waals surface area contributed by atoms with Crippen molar-refractivity contribution >= 4 is 87.5 Å². The van der Waals surface area contributed by atoms with Crippen LogP contribution in [0.4, 0.5) is 10.8 Å². The number of alkyl halides is 3. The molecule has 0 aliphatic carbocycles. The summed E-state index contributed by atoms with van der Waals surface area (Å²) in [5, 5.41) is 5.52. The van der Waals surface area contributed by atoms with E-state index in [0.717, 1.165) is 24.8 Å². The van der Waals surface area contributed by atoms with Crippen molar-refractivity contribution in [3.8, 4) is 0 Å². The Balaban J connectivity index is 1.61. The zero-order valence-electron chi connectivity index (χ0n) is 30.7. The fourth-order valence-corrected chi connectivity index (χ4v) is 5.98. The van der Waals surface area contributed by atoms with Crippen molar-refractivity contribution in [3.63, 3.8) is 0 Å². The smallest absolute Gasteiger partial charge is 0.328 e. The molecule has 3 aromatic rings. The van der Waals surface area contributed by atoms with E-state index in [-0.39, 0.29) is 38.3 Å². The summed E-state index contributed by atoms with van der Waals surface area (Å²) in [5.41, 5.74) is 1.66. The molecule has 0 radical (unpaired) electrons. The summed E-state index contributed by atoms with van der Waals surface area (Å²) in [6.07, 6.45) is 11.8. The third kappa shape index (κ3) is 19.4. The number of hydrogen-bond donors (Lipinski definition) is 2. The molecule has 0 saturated carbocycles. The molecule has 2 aromatic carbocycles. The molecule has 0 aliphatic rings. The van der Waals surface area contributed by atoms with Crippen molar-refractivity contribution in [1.29, 1.82) is 0 Å². The van der Waals surface area contributed by atoms with E-state index in [1.807, 2.05) is 30.3 Å². The van der Waals surface area contributed by atoms with Gasteiger partial charge in [0.1, 0.15) is 30.9 Å². The first kappa shape index (κ1) is 45.1. The molecule has 0 aliphatic heterocycles. The molecule has 0 bridgehead atoms. The highest BCUT2D eigenvalue weighted by Crippen LogP contribution is 2.27. The molecule has 2 N–H and O–H groups in total. The lowest BCUT2D eigenvalue weighted by molar-refractivity contribution is -0.157. The first-order valence-electron chi connectivity index (χ1n) is 18.7. The number of esters is 3. The number of rotatable bonds is 25. The first-order valence-corrected chi connectivity index (χ1v) is 20.2. The van der Waals surface area contributed by atoms with E-state index in [4.69, 9.17) is 65.0 Å². The van der Waals surface area contributed by atoms with Gasteiger partial charge in [-0.05, 0) is 49.4 Å². The molecule has 2 amide bonds. The lowest BCUT2D eigenvalue weighted by atomic mass is 10.0. The first-order chi connectivity index (χ1) is 25.9. The Morgan fingerprint density at radius 1 is 0.815 bits per heavy atom. The van der Waals surface area contributed by atoms with Gasteiger partial charge >= 0.3 is 30.0 Å². The number of halogens is 4. The average Bonchev–Trinajstić information content (AvgIpc) is 3.52. The second-order valence-corrected chi connectivity index (χ2v) is 16.1. The van der Waals surface area contributed by atoms with Crippen molar-refractivity contribution < 1.29 is 37.8 Å². The number of benzene rings is 2. The van der Waals surface area contributed by atoms with Gasteiger partial charge in [-0.3, -0.25) is 14.9 Å². The molecule has 1 heterocycles. The molecular formula is C39H51Cl4N3O8. The number of ether oxygens (including phenoxy) is 3. The topological polar surface area (TPSA) is 146 Å². The van der Waals surface area contributed by atoms with Crippen LogP contribution in [0.25, 0.3) is 11.1 Å². The maximum Gasteiger partial charge on any atom is 0.328 e. The maximum atomic E-state index is 13.7. The monoisotopic (exact) mass is 829 g/mol. The van der Waals surface area contributed by atoms with E-state index in [2.05, 4.69) is 22.5 Å². The number of nitrogens with zero attached hydrogens (tertiary/aromatic N) is 1. The molecule has 3 rings (SSSR count). The van der Waals surface area contributed by atoms with Crippen LogP contribution in [-0.2, 0) is 35.2 Å². The number of nitrogens with one attached hydrogen (secondary N) is 2. The van der Waals surface area contributed by atoms with Gasteiger partial charge in [0.2, 0.25) is 3.79 Å². The second-order valence-electron chi connectivity index (χ2n) is 13.2. The number of oxazole rings is 1. The Bertz CT molecular complexity index is 1580. The van der Waals surface area contributed by atoms with E-state index in [9.17, 15) is 19.2 Å². The van der Waals surface area contributed by atoms with Gasteiger partial charge < -0.3 is 23.9 Å². The fourth-order valence-electron chi connectivity index (χ4n) is 5.65. The predicted octanol–water partition coefficient (Wildman–Crippen LogP) is 10.8. The lowest BCUT2D eigenvalue weighted by Gasteiger charge is -2.23. The van der Waals surface area contributed by atoms with E-state index in [0.29, 0.717) is 29.0 Å². The molecule has 2 atom stereocenters. The van der Waals surface area contributed by atoms with Crippen LogP contribution in [0.15, 0.2) is 52.9 Å². The van der Waals surface area contributed by atoms with E-state index >= 15 is 0 Å². The minimum atomic E-state index is -1.80. The Kier molecular flexibility index (Phi) is 20.9. The van der Waals surface area contributed by atoms with E-state index in [1.165, 1.54) is 44.9 Å². The largest absolute Gasteiger partial charge is 0.461 e. The predicted molar refractivity (Wildman–Crippen MR) is 212 cm³/mol. The van der Waals surface area contributed by atoms with Crippen molar-refractivity contribution in [3.05, 3.63) is 59.1 Å². The number of hydrogen-bond acceptors (Lipinski definition) is 9. The molecule has 0 fully saturated rings. The Morgan fingerprint density at radius 3 is 2.15 bits per heavy atom. The molecular weight excluding hydrogens is 780 g/mol. The van der Waals surface area contributed by atoms with Gasteiger partial charge in [0.25, 0.3) is 0 Å². The number of anilines is 1. The Labute approximate surface area is 337 Å². The Morgan fingerprint density at radius 2 is 1.48 bits per heavy atom. The van der Waals surface area contributed by atoms with Crippen molar-refractivity contribution in [2.45, 2.75) is 132 Å². The summed E-state index contributed by atoms with van der Waals surface area (Å²) >= 11 is 23.3. The number of amides is 2. The van der Waals surface area contributed by atoms with Crippen LogP contribution in [0.5, 0.6) is 0 Å². The molecule has 0 spiro atoms. The van der Waals surface area contributed by atoms with E-state index in [1.54, 1.807) is 18.2 Å². The Hall–Kier alpha value is -3.25. The summed E-state index contributed by atoms with van der Waals surface area (Å²) in [5.74, 6) is -1.97. The summed E-state index contributed by atoms with van der Waals surface area (Å²) in [7, 11) is 0. The van der Waals surface area contributed by atoms with E-state index < -0.39 is 46.5 Å². The SMILES string of the molecule is CCCCCCCCCCCCC[C@@H](CC(=O)OCC(Cl)(Cl)Cl)OC(=O)[C@H](CCCC(=O)OCc1ccccc1)NC(=O)Nc1nc2cc(Cl)ccc2o1. The third-order valence-corrected chi connectivity index (χ3v) is 9.04. The van der Waals surface area contributed by atoms with Gasteiger partial charge in [0.15, 0.2) is 5.58 Å². The second kappa shape index (κ2) is 25.0. The van der Waals surface area contributed by atoms with Crippen LogP contribution >= 0.6 is 46.4 Å².